The lowest BCUT2D eigenvalue weighted by Gasteiger charge is -2.32. The molecular formula is C23H27F4N3O4S. The topological polar surface area (TPSA) is 101 Å². The predicted octanol–water partition coefficient (Wildman–Crippen LogP) is 5.04. The van der Waals surface area contributed by atoms with Crippen molar-refractivity contribution in [2.75, 3.05) is 18.2 Å². The molecule has 1 fully saturated rings. The molecule has 1 aromatic carbocycles. The maximum atomic E-state index is 14.3. The van der Waals surface area contributed by atoms with E-state index in [1.807, 2.05) is 0 Å². The number of nitrogens with zero attached hydrogens (tertiary/aromatic N) is 1. The van der Waals surface area contributed by atoms with Crippen molar-refractivity contribution in [2.24, 2.45) is 5.92 Å². The van der Waals surface area contributed by atoms with Gasteiger partial charge in [-0.2, -0.15) is 13.2 Å². The van der Waals surface area contributed by atoms with Gasteiger partial charge in [0.1, 0.15) is 22.7 Å². The van der Waals surface area contributed by atoms with Crippen LogP contribution in [0.5, 0.6) is 5.75 Å². The first kappa shape index (κ1) is 26.9. The van der Waals surface area contributed by atoms with Crippen molar-refractivity contribution in [1.29, 1.82) is 4.78 Å². The summed E-state index contributed by atoms with van der Waals surface area (Å²) in [5.74, 6) is -3.77. The van der Waals surface area contributed by atoms with Crippen LogP contribution in [0.25, 0.3) is 0 Å². The molecule has 12 heteroatoms. The fourth-order valence-electron chi connectivity index (χ4n) is 4.22. The second kappa shape index (κ2) is 9.38. The molecule has 0 spiro atoms. The van der Waals surface area contributed by atoms with Crippen LogP contribution in [0.1, 0.15) is 37.8 Å². The standard InChI is InChI=1S/C23H27F4N3O4S/c1-6-33-19-12(2)16(24)8-7-15(19)18-13(3)22(4,23(25,26)27)34-20(18)21(31)30-14-9-10-29-17(11-14)35(5,28)32/h7-11,13,18,20,28H,6H2,1-5H3,(H,29,30,31)/t13-,18-,20?,22+,35?/m0/s1. The summed E-state index contributed by atoms with van der Waals surface area (Å²) in [7, 11) is -3.20. The van der Waals surface area contributed by atoms with Crippen LogP contribution in [0, 0.1) is 23.4 Å². The highest BCUT2D eigenvalue weighted by atomic mass is 32.2. The molecule has 0 bridgehead atoms. The van der Waals surface area contributed by atoms with E-state index in [0.717, 1.165) is 19.2 Å². The molecule has 1 saturated heterocycles. The van der Waals surface area contributed by atoms with Crippen LogP contribution in [0.3, 0.4) is 0 Å². The summed E-state index contributed by atoms with van der Waals surface area (Å²) < 4.78 is 87.3. The van der Waals surface area contributed by atoms with Crippen LogP contribution in [0.2, 0.25) is 0 Å². The number of alkyl halides is 3. The van der Waals surface area contributed by atoms with Crippen molar-refractivity contribution in [3.63, 3.8) is 0 Å². The zero-order valence-corrected chi connectivity index (χ0v) is 20.6. The number of benzene rings is 1. The van der Waals surface area contributed by atoms with E-state index in [2.05, 4.69) is 10.3 Å². The molecular weight excluding hydrogens is 490 g/mol. The van der Waals surface area contributed by atoms with Gasteiger partial charge in [-0.05, 0) is 39.0 Å². The zero-order chi connectivity index (χ0) is 26.3. The van der Waals surface area contributed by atoms with Gasteiger partial charge in [0, 0.05) is 41.1 Å². The largest absolute Gasteiger partial charge is 0.493 e. The number of anilines is 1. The zero-order valence-electron chi connectivity index (χ0n) is 19.8. The van der Waals surface area contributed by atoms with Crippen LogP contribution < -0.4 is 10.1 Å². The summed E-state index contributed by atoms with van der Waals surface area (Å²) in [4.78, 5) is 17.1. The molecule has 0 aliphatic carbocycles. The van der Waals surface area contributed by atoms with Gasteiger partial charge in [-0.25, -0.2) is 18.4 Å². The molecule has 3 rings (SSSR count). The number of pyridine rings is 1. The first-order chi connectivity index (χ1) is 16.1. The van der Waals surface area contributed by atoms with Crippen molar-refractivity contribution in [3.05, 3.63) is 47.4 Å². The van der Waals surface area contributed by atoms with Gasteiger partial charge >= 0.3 is 6.18 Å². The number of hydrogen-bond acceptors (Lipinski definition) is 6. The minimum absolute atomic E-state index is 0.0725. The molecule has 192 valence electrons. The van der Waals surface area contributed by atoms with E-state index >= 15 is 0 Å². The smallest absolute Gasteiger partial charge is 0.417 e. The van der Waals surface area contributed by atoms with Gasteiger partial charge in [0.25, 0.3) is 5.91 Å². The highest BCUT2D eigenvalue weighted by Crippen LogP contribution is 2.55. The Hall–Kier alpha value is -2.73. The van der Waals surface area contributed by atoms with Crippen LogP contribution in [0.15, 0.2) is 35.5 Å². The maximum absolute atomic E-state index is 14.3. The minimum atomic E-state index is -4.80. The first-order valence-electron chi connectivity index (χ1n) is 10.8. The third-order valence-corrected chi connectivity index (χ3v) is 7.37. The molecule has 2 heterocycles. The molecule has 1 aliphatic rings. The van der Waals surface area contributed by atoms with Crippen LogP contribution >= 0.6 is 0 Å². The number of ether oxygens (including phenoxy) is 2. The molecule has 0 saturated carbocycles. The van der Waals surface area contributed by atoms with Gasteiger partial charge in [0.2, 0.25) is 0 Å². The Bertz CT molecular complexity index is 1240. The van der Waals surface area contributed by atoms with Crippen LogP contribution in [-0.2, 0) is 19.3 Å². The Morgan fingerprint density at radius 1 is 1.34 bits per heavy atom. The molecule has 1 amide bonds. The first-order valence-corrected chi connectivity index (χ1v) is 12.8. The number of hydrogen-bond donors (Lipinski definition) is 2. The lowest BCUT2D eigenvalue weighted by Crippen LogP contribution is -2.47. The van der Waals surface area contributed by atoms with Gasteiger partial charge in [0.05, 0.1) is 16.3 Å². The Morgan fingerprint density at radius 2 is 2.00 bits per heavy atom. The van der Waals surface area contributed by atoms with Crippen molar-refractivity contribution >= 4 is 21.3 Å². The molecule has 35 heavy (non-hydrogen) atoms. The lowest BCUT2D eigenvalue weighted by atomic mass is 9.76. The molecule has 1 aliphatic heterocycles. The molecule has 2 aromatic rings. The quantitative estimate of drug-likeness (QED) is 0.523. The van der Waals surface area contributed by atoms with Gasteiger partial charge in [-0.15, -0.1) is 0 Å². The van der Waals surface area contributed by atoms with E-state index in [1.165, 1.54) is 38.2 Å². The van der Waals surface area contributed by atoms with E-state index in [-0.39, 0.29) is 34.2 Å². The third-order valence-electron chi connectivity index (χ3n) is 6.35. The number of rotatable bonds is 6. The highest BCUT2D eigenvalue weighted by Gasteiger charge is 2.65. The lowest BCUT2D eigenvalue weighted by molar-refractivity contribution is -0.272. The second-order valence-corrected chi connectivity index (χ2v) is 10.8. The fourth-order valence-corrected chi connectivity index (χ4v) is 4.84. The Balaban J connectivity index is 2.10. The summed E-state index contributed by atoms with van der Waals surface area (Å²) in [6.07, 6.45) is -4.03. The number of carbonyl (C=O) groups is 1. The normalized spacial score (nSPS) is 26.3. The Labute approximate surface area is 201 Å². The summed E-state index contributed by atoms with van der Waals surface area (Å²) >= 11 is 0. The van der Waals surface area contributed by atoms with Gasteiger partial charge in [-0.1, -0.05) is 13.0 Å². The summed E-state index contributed by atoms with van der Waals surface area (Å²) in [6, 6.07) is 5.02. The maximum Gasteiger partial charge on any atom is 0.417 e. The van der Waals surface area contributed by atoms with E-state index in [0.29, 0.717) is 0 Å². The molecule has 5 atom stereocenters. The monoisotopic (exact) mass is 517 g/mol. The molecule has 2 N–H and O–H groups in total. The summed E-state index contributed by atoms with van der Waals surface area (Å²) in [6.45, 7) is 5.45. The second-order valence-electron chi connectivity index (χ2n) is 8.70. The highest BCUT2D eigenvalue weighted by molar-refractivity contribution is 7.91. The summed E-state index contributed by atoms with van der Waals surface area (Å²) in [5.41, 5.74) is -2.24. The van der Waals surface area contributed by atoms with E-state index in [4.69, 9.17) is 14.3 Å². The molecule has 0 radical (unpaired) electrons. The van der Waals surface area contributed by atoms with Crippen LogP contribution in [-0.4, -0.2) is 45.8 Å². The molecule has 7 nitrogen and oxygen atoms in total. The Kier molecular flexibility index (Phi) is 7.20. The Morgan fingerprint density at radius 3 is 2.57 bits per heavy atom. The number of carbonyl (C=O) groups excluding carboxylic acids is 1. The van der Waals surface area contributed by atoms with Gasteiger partial charge < -0.3 is 14.8 Å². The van der Waals surface area contributed by atoms with E-state index in [1.54, 1.807) is 6.92 Å². The average Bonchev–Trinajstić information content (AvgIpc) is 3.03. The average molecular weight is 518 g/mol. The van der Waals surface area contributed by atoms with E-state index < -0.39 is 51.2 Å². The summed E-state index contributed by atoms with van der Waals surface area (Å²) in [5, 5.41) is 2.39. The van der Waals surface area contributed by atoms with Crippen molar-refractivity contribution in [3.8, 4) is 5.75 Å². The number of nitrogens with one attached hydrogen (secondary N) is 2. The fraction of sp³-hybridized carbons (Fsp3) is 0.478. The van der Waals surface area contributed by atoms with Crippen molar-refractivity contribution in [1.82, 2.24) is 4.98 Å². The van der Waals surface area contributed by atoms with Crippen molar-refractivity contribution < 1.29 is 36.0 Å². The number of amides is 1. The van der Waals surface area contributed by atoms with Crippen LogP contribution in [0.4, 0.5) is 23.2 Å². The number of halogens is 4. The number of aromatic nitrogens is 1. The third kappa shape index (κ3) is 4.99. The predicted molar refractivity (Wildman–Crippen MR) is 121 cm³/mol. The van der Waals surface area contributed by atoms with Gasteiger partial charge in [-0.3, -0.25) is 4.79 Å². The minimum Gasteiger partial charge on any atom is -0.493 e. The molecule has 1 aromatic heterocycles. The SMILES string of the molecule is CCOc1c([C@H]2C(C(=O)Nc3ccnc(S(C)(=N)=O)c3)O[C@@](C)(C(F)(F)F)[C@H]2C)ccc(F)c1C. The molecule has 2 unspecified atom stereocenters. The van der Waals surface area contributed by atoms with Crippen molar-refractivity contribution in [2.45, 2.75) is 56.5 Å². The van der Waals surface area contributed by atoms with Gasteiger partial charge in [0.15, 0.2) is 5.60 Å². The van der Waals surface area contributed by atoms with E-state index in [9.17, 15) is 26.6 Å².